The van der Waals surface area contributed by atoms with Crippen LogP contribution in [0.4, 0.5) is 18.9 Å². The van der Waals surface area contributed by atoms with Gasteiger partial charge in [0.15, 0.2) is 0 Å². The first-order valence-electron chi connectivity index (χ1n) is 9.14. The van der Waals surface area contributed by atoms with E-state index < -0.39 is 17.5 Å². The van der Waals surface area contributed by atoms with Crippen LogP contribution < -0.4 is 9.64 Å². The van der Waals surface area contributed by atoms with E-state index in [9.17, 15) is 18.3 Å². The topological polar surface area (TPSA) is 58.5 Å². The minimum Gasteiger partial charge on any atom is -0.496 e. The molecule has 8 heteroatoms. The average molecular weight is 393 g/mol. The fourth-order valence-corrected chi connectivity index (χ4v) is 4.49. The van der Waals surface area contributed by atoms with E-state index in [0.29, 0.717) is 17.0 Å². The van der Waals surface area contributed by atoms with Crippen molar-refractivity contribution in [1.29, 1.82) is 0 Å². The fourth-order valence-electron chi connectivity index (χ4n) is 4.49. The second-order valence-electron chi connectivity index (χ2n) is 8.08. The molecule has 28 heavy (non-hydrogen) atoms. The molecular formula is C20H22F3N3O2. The summed E-state index contributed by atoms with van der Waals surface area (Å²) in [5.74, 6) is 0.700. The lowest BCUT2D eigenvalue weighted by atomic mass is 9.53. The zero-order valence-corrected chi connectivity index (χ0v) is 15.7. The minimum absolute atomic E-state index is 0.0819. The summed E-state index contributed by atoms with van der Waals surface area (Å²) in [7, 11) is 1.57. The highest BCUT2D eigenvalue weighted by Gasteiger charge is 2.57. The number of methoxy groups -OCH3 is 1. The van der Waals surface area contributed by atoms with Crippen LogP contribution in [0.2, 0.25) is 0 Å². The summed E-state index contributed by atoms with van der Waals surface area (Å²) in [5.41, 5.74) is -0.437. The second-order valence-corrected chi connectivity index (χ2v) is 8.08. The number of hydrogen-bond donors (Lipinski definition) is 1. The molecule has 1 N–H and O–H groups in total. The number of aromatic nitrogens is 2. The van der Waals surface area contributed by atoms with Crippen molar-refractivity contribution in [1.82, 2.24) is 9.97 Å². The maximum atomic E-state index is 12.6. The van der Waals surface area contributed by atoms with Crippen molar-refractivity contribution in [2.24, 2.45) is 11.3 Å². The van der Waals surface area contributed by atoms with Gasteiger partial charge in [0.05, 0.1) is 24.6 Å². The van der Waals surface area contributed by atoms with Gasteiger partial charge in [-0.1, -0.05) is 0 Å². The zero-order chi connectivity index (χ0) is 20.2. The highest BCUT2D eigenvalue weighted by atomic mass is 19.4. The monoisotopic (exact) mass is 393 g/mol. The number of ether oxygens (including phenoxy) is 1. The lowest BCUT2D eigenvalue weighted by molar-refractivity contribution is -0.141. The third-order valence-electron chi connectivity index (χ3n) is 6.16. The first-order chi connectivity index (χ1) is 13.1. The van der Waals surface area contributed by atoms with Gasteiger partial charge >= 0.3 is 6.18 Å². The molecule has 4 rings (SSSR count). The van der Waals surface area contributed by atoms with Crippen LogP contribution in [0.15, 0.2) is 36.8 Å². The SMILES string of the molecule is COc1ccncc1C(C)(O)C1CC2(C1)CN(c1ccc(C(F)(F)F)nc1)C2. The Morgan fingerprint density at radius 2 is 1.89 bits per heavy atom. The van der Waals surface area contributed by atoms with Gasteiger partial charge < -0.3 is 14.7 Å². The van der Waals surface area contributed by atoms with Crippen LogP contribution in [0.1, 0.15) is 31.0 Å². The van der Waals surface area contributed by atoms with Crippen LogP contribution in [0.5, 0.6) is 5.75 Å². The molecule has 2 fully saturated rings. The van der Waals surface area contributed by atoms with E-state index in [1.807, 2.05) is 4.90 Å². The van der Waals surface area contributed by atoms with Crippen molar-refractivity contribution in [3.63, 3.8) is 0 Å². The highest BCUT2D eigenvalue weighted by molar-refractivity contribution is 5.49. The van der Waals surface area contributed by atoms with Crippen LogP contribution in [-0.2, 0) is 11.8 Å². The summed E-state index contributed by atoms with van der Waals surface area (Å²) < 4.78 is 43.3. The number of halogens is 3. The molecule has 5 nitrogen and oxygen atoms in total. The van der Waals surface area contributed by atoms with Gasteiger partial charge in [-0.05, 0) is 43.9 Å². The van der Waals surface area contributed by atoms with Gasteiger partial charge in [-0.25, -0.2) is 4.98 Å². The van der Waals surface area contributed by atoms with Crippen LogP contribution in [-0.4, -0.2) is 35.3 Å². The van der Waals surface area contributed by atoms with Crippen molar-refractivity contribution in [3.05, 3.63) is 48.0 Å². The van der Waals surface area contributed by atoms with Crippen molar-refractivity contribution in [2.75, 3.05) is 25.1 Å². The Bertz CT molecular complexity index is 854. The van der Waals surface area contributed by atoms with Crippen molar-refractivity contribution in [2.45, 2.75) is 31.5 Å². The predicted molar refractivity (Wildman–Crippen MR) is 97.0 cm³/mol. The first-order valence-corrected chi connectivity index (χ1v) is 9.14. The number of alkyl halides is 3. The van der Waals surface area contributed by atoms with E-state index in [0.717, 1.165) is 32.0 Å². The Labute approximate surface area is 161 Å². The van der Waals surface area contributed by atoms with Crippen molar-refractivity contribution >= 4 is 5.69 Å². The summed E-state index contributed by atoms with van der Waals surface area (Å²) >= 11 is 0. The molecule has 0 radical (unpaired) electrons. The molecular weight excluding hydrogens is 371 g/mol. The predicted octanol–water partition coefficient (Wildman–Crippen LogP) is 3.63. The van der Waals surface area contributed by atoms with E-state index in [1.165, 1.54) is 12.3 Å². The molecule has 2 aromatic heterocycles. The van der Waals surface area contributed by atoms with E-state index >= 15 is 0 Å². The standard InChI is InChI=1S/C20H22F3N3O2/c1-18(27,15-10-24-6-5-16(15)28-2)13-7-19(8-13)11-26(12-19)14-3-4-17(25-9-14)20(21,22)23/h3-6,9-10,13,27H,7-8,11-12H2,1-2H3. The van der Waals surface area contributed by atoms with Gasteiger partial charge in [0.2, 0.25) is 0 Å². The number of anilines is 1. The van der Waals surface area contributed by atoms with E-state index in [-0.39, 0.29) is 11.3 Å². The summed E-state index contributed by atoms with van der Waals surface area (Å²) in [6.07, 6.45) is 1.83. The van der Waals surface area contributed by atoms with Gasteiger partial charge in [0.1, 0.15) is 11.4 Å². The minimum atomic E-state index is -4.42. The Balaban J connectivity index is 1.39. The summed E-state index contributed by atoms with van der Waals surface area (Å²) in [6, 6.07) is 4.22. The molecule has 150 valence electrons. The lowest BCUT2D eigenvalue weighted by Crippen LogP contribution is -2.65. The van der Waals surface area contributed by atoms with Crippen LogP contribution in [0, 0.1) is 11.3 Å². The van der Waals surface area contributed by atoms with Crippen LogP contribution in [0.3, 0.4) is 0 Å². The van der Waals surface area contributed by atoms with Gasteiger partial charge in [-0.3, -0.25) is 4.98 Å². The molecule has 1 unspecified atom stereocenters. The normalized spacial score (nSPS) is 21.0. The molecule has 2 aromatic rings. The third-order valence-corrected chi connectivity index (χ3v) is 6.16. The fraction of sp³-hybridized carbons (Fsp3) is 0.500. The third kappa shape index (κ3) is 3.09. The number of rotatable bonds is 4. The van der Waals surface area contributed by atoms with Crippen molar-refractivity contribution in [3.8, 4) is 5.75 Å². The number of pyridine rings is 2. The van der Waals surface area contributed by atoms with Gasteiger partial charge in [-0.15, -0.1) is 0 Å². The van der Waals surface area contributed by atoms with E-state index in [1.54, 1.807) is 32.5 Å². The number of nitrogens with zero attached hydrogens (tertiary/aromatic N) is 3. The first kappa shape index (κ1) is 19.0. The summed E-state index contributed by atoms with van der Waals surface area (Å²) in [5, 5.41) is 11.1. The van der Waals surface area contributed by atoms with Crippen molar-refractivity contribution < 1.29 is 23.0 Å². The molecule has 2 aliphatic rings. The van der Waals surface area contributed by atoms with Crippen LogP contribution >= 0.6 is 0 Å². The Hall–Kier alpha value is -2.35. The zero-order valence-electron chi connectivity index (χ0n) is 15.7. The Morgan fingerprint density at radius 3 is 2.46 bits per heavy atom. The smallest absolute Gasteiger partial charge is 0.433 e. The largest absolute Gasteiger partial charge is 0.496 e. The maximum Gasteiger partial charge on any atom is 0.433 e. The van der Waals surface area contributed by atoms with E-state index in [2.05, 4.69) is 9.97 Å². The molecule has 1 saturated heterocycles. The molecule has 1 spiro atoms. The molecule has 1 aliphatic carbocycles. The summed E-state index contributed by atoms with van der Waals surface area (Å²) in [6.45, 7) is 3.31. The molecule has 0 amide bonds. The molecule has 3 heterocycles. The van der Waals surface area contributed by atoms with Crippen LogP contribution in [0.25, 0.3) is 0 Å². The molecule has 1 aliphatic heterocycles. The van der Waals surface area contributed by atoms with Gasteiger partial charge in [-0.2, -0.15) is 13.2 Å². The maximum absolute atomic E-state index is 12.6. The molecule has 0 bridgehead atoms. The average Bonchev–Trinajstić information content (AvgIpc) is 2.59. The number of aliphatic hydroxyl groups is 1. The second kappa shape index (κ2) is 6.34. The molecule has 0 aromatic carbocycles. The quantitative estimate of drug-likeness (QED) is 0.860. The highest BCUT2D eigenvalue weighted by Crippen LogP contribution is 2.58. The van der Waals surface area contributed by atoms with Gasteiger partial charge in [0.25, 0.3) is 0 Å². The molecule has 1 atom stereocenters. The summed E-state index contributed by atoms with van der Waals surface area (Å²) in [4.78, 5) is 9.67. The number of hydrogen-bond acceptors (Lipinski definition) is 5. The Kier molecular flexibility index (Phi) is 4.30. The lowest BCUT2D eigenvalue weighted by Gasteiger charge is -2.62. The van der Waals surface area contributed by atoms with Gasteiger partial charge in [0, 0.05) is 36.5 Å². The Morgan fingerprint density at radius 1 is 1.18 bits per heavy atom. The molecule has 1 saturated carbocycles. The van der Waals surface area contributed by atoms with E-state index in [4.69, 9.17) is 4.74 Å².